The lowest BCUT2D eigenvalue weighted by atomic mass is 10.1. The maximum Gasteiger partial charge on any atom is 0.306 e. The summed E-state index contributed by atoms with van der Waals surface area (Å²) < 4.78 is 17.4. The van der Waals surface area contributed by atoms with Crippen molar-refractivity contribution in [2.45, 2.75) is 271 Å². The summed E-state index contributed by atoms with van der Waals surface area (Å²) in [6.07, 6.45) is 62.5. The standard InChI is InChI=1S/C55H100O5/c1-4-7-10-13-16-19-22-24-26-27-28-29-30-31-34-36-39-42-45-48-54(56)59-52-53(60-55(57)49-46-43-40-37-33-21-18-15-12-9-6-3)51-58-50-47-44-41-38-35-32-25-23-20-17-14-11-8-5-2/h16,19-20,23-24,26,28-29,53H,4-15,17-18,21-22,25,27,30-52H2,1-3H3/b19-16-,23-20-,26-24-,29-28-. The molecule has 0 bridgehead atoms. The van der Waals surface area contributed by atoms with Gasteiger partial charge in [-0.1, -0.05) is 217 Å². The van der Waals surface area contributed by atoms with Crippen LogP contribution in [0.1, 0.15) is 265 Å². The second-order valence-corrected chi connectivity index (χ2v) is 17.4. The van der Waals surface area contributed by atoms with E-state index >= 15 is 0 Å². The first-order chi connectivity index (χ1) is 29.6. The lowest BCUT2D eigenvalue weighted by Crippen LogP contribution is -2.30. The van der Waals surface area contributed by atoms with Crippen LogP contribution < -0.4 is 0 Å². The number of rotatable bonds is 48. The minimum Gasteiger partial charge on any atom is -0.462 e. The van der Waals surface area contributed by atoms with Crippen molar-refractivity contribution >= 4 is 11.9 Å². The molecule has 60 heavy (non-hydrogen) atoms. The van der Waals surface area contributed by atoms with Crippen LogP contribution in [0.4, 0.5) is 0 Å². The monoisotopic (exact) mass is 841 g/mol. The predicted octanol–water partition coefficient (Wildman–Crippen LogP) is 17.6. The number of hydrogen-bond acceptors (Lipinski definition) is 5. The minimum absolute atomic E-state index is 0.0789. The first-order valence-electron chi connectivity index (χ1n) is 26.2. The van der Waals surface area contributed by atoms with Gasteiger partial charge >= 0.3 is 11.9 Å². The summed E-state index contributed by atoms with van der Waals surface area (Å²) in [5.41, 5.74) is 0. The summed E-state index contributed by atoms with van der Waals surface area (Å²) in [4.78, 5) is 25.4. The predicted molar refractivity (Wildman–Crippen MR) is 261 cm³/mol. The van der Waals surface area contributed by atoms with Gasteiger partial charge in [-0.05, 0) is 83.5 Å². The zero-order valence-corrected chi connectivity index (χ0v) is 40.2. The number of ether oxygens (including phenoxy) is 3. The van der Waals surface area contributed by atoms with Gasteiger partial charge in [0.15, 0.2) is 6.10 Å². The van der Waals surface area contributed by atoms with E-state index in [1.165, 1.54) is 167 Å². The van der Waals surface area contributed by atoms with Crippen LogP contribution >= 0.6 is 0 Å². The average molecular weight is 841 g/mol. The van der Waals surface area contributed by atoms with Gasteiger partial charge in [0.1, 0.15) is 6.61 Å². The van der Waals surface area contributed by atoms with Gasteiger partial charge in [-0.25, -0.2) is 0 Å². The molecule has 0 aliphatic heterocycles. The third-order valence-corrected chi connectivity index (χ3v) is 11.3. The highest BCUT2D eigenvalue weighted by Crippen LogP contribution is 2.14. The number of esters is 2. The summed E-state index contributed by atoms with van der Waals surface area (Å²) in [5, 5.41) is 0. The van der Waals surface area contributed by atoms with Gasteiger partial charge < -0.3 is 14.2 Å². The van der Waals surface area contributed by atoms with Crippen molar-refractivity contribution in [3.8, 4) is 0 Å². The van der Waals surface area contributed by atoms with Crippen LogP contribution in [0.3, 0.4) is 0 Å². The Morgan fingerprint density at radius 1 is 0.367 bits per heavy atom. The van der Waals surface area contributed by atoms with Crippen LogP contribution in [-0.2, 0) is 23.8 Å². The van der Waals surface area contributed by atoms with Crippen LogP contribution in [0, 0.1) is 0 Å². The van der Waals surface area contributed by atoms with Crippen LogP contribution in [0.25, 0.3) is 0 Å². The molecule has 0 N–H and O–H groups in total. The molecule has 0 radical (unpaired) electrons. The summed E-state index contributed by atoms with van der Waals surface area (Å²) in [7, 11) is 0. The van der Waals surface area contributed by atoms with Crippen molar-refractivity contribution in [2.75, 3.05) is 19.8 Å². The highest BCUT2D eigenvalue weighted by atomic mass is 16.6. The Bertz CT molecular complexity index is 997. The smallest absolute Gasteiger partial charge is 0.306 e. The number of hydrogen-bond donors (Lipinski definition) is 0. The topological polar surface area (TPSA) is 61.8 Å². The van der Waals surface area contributed by atoms with E-state index in [1.807, 2.05) is 0 Å². The van der Waals surface area contributed by atoms with E-state index in [2.05, 4.69) is 69.4 Å². The number of allylic oxidation sites excluding steroid dienone is 8. The molecule has 0 aromatic heterocycles. The molecule has 0 amide bonds. The SMILES string of the molecule is CCCCC/C=C\C/C=C\C/C=C\CCCCCCCCC(=O)OCC(COCCCCCCCC/C=C\CCCCCC)OC(=O)CCCCCCCCCCCCC. The van der Waals surface area contributed by atoms with E-state index in [0.717, 1.165) is 64.2 Å². The Balaban J connectivity index is 4.24. The Hall–Kier alpha value is -2.14. The Morgan fingerprint density at radius 2 is 0.700 bits per heavy atom. The van der Waals surface area contributed by atoms with E-state index in [0.29, 0.717) is 19.4 Å². The number of carbonyl (C=O) groups is 2. The number of carbonyl (C=O) groups excluding carboxylic acids is 2. The molecule has 1 unspecified atom stereocenters. The van der Waals surface area contributed by atoms with Crippen LogP contribution in [-0.4, -0.2) is 37.9 Å². The Labute approximate surface area is 373 Å². The van der Waals surface area contributed by atoms with Gasteiger partial charge in [0.25, 0.3) is 0 Å². The normalized spacial score (nSPS) is 12.5. The fourth-order valence-electron chi connectivity index (χ4n) is 7.39. The van der Waals surface area contributed by atoms with Gasteiger partial charge in [-0.2, -0.15) is 0 Å². The van der Waals surface area contributed by atoms with Gasteiger partial charge in [-0.3, -0.25) is 9.59 Å². The highest BCUT2D eigenvalue weighted by Gasteiger charge is 2.17. The summed E-state index contributed by atoms with van der Waals surface area (Å²) in [5.74, 6) is -0.406. The van der Waals surface area contributed by atoms with Gasteiger partial charge in [-0.15, -0.1) is 0 Å². The molecule has 0 aromatic rings. The van der Waals surface area contributed by atoms with E-state index in [-0.39, 0.29) is 25.2 Å². The maximum absolute atomic E-state index is 12.8. The van der Waals surface area contributed by atoms with Gasteiger partial charge in [0.2, 0.25) is 0 Å². The lowest BCUT2D eigenvalue weighted by Gasteiger charge is -2.18. The lowest BCUT2D eigenvalue weighted by molar-refractivity contribution is -0.163. The summed E-state index contributed by atoms with van der Waals surface area (Å²) >= 11 is 0. The quantitative estimate of drug-likeness (QED) is 0.0347. The van der Waals surface area contributed by atoms with E-state index < -0.39 is 6.10 Å². The second-order valence-electron chi connectivity index (χ2n) is 17.4. The zero-order valence-electron chi connectivity index (χ0n) is 40.2. The molecule has 0 spiro atoms. The van der Waals surface area contributed by atoms with Crippen molar-refractivity contribution in [2.24, 2.45) is 0 Å². The number of unbranched alkanes of at least 4 members (excludes halogenated alkanes) is 29. The van der Waals surface area contributed by atoms with Crippen LogP contribution in [0.15, 0.2) is 48.6 Å². The fourth-order valence-corrected chi connectivity index (χ4v) is 7.39. The molecule has 0 aliphatic carbocycles. The van der Waals surface area contributed by atoms with Crippen molar-refractivity contribution < 1.29 is 23.8 Å². The molecule has 0 fully saturated rings. The molecule has 0 aliphatic rings. The van der Waals surface area contributed by atoms with E-state index in [1.54, 1.807) is 0 Å². The molecule has 0 rings (SSSR count). The van der Waals surface area contributed by atoms with Crippen molar-refractivity contribution in [3.63, 3.8) is 0 Å². The zero-order chi connectivity index (χ0) is 43.5. The van der Waals surface area contributed by atoms with Crippen molar-refractivity contribution in [1.29, 1.82) is 0 Å². The largest absolute Gasteiger partial charge is 0.462 e. The van der Waals surface area contributed by atoms with E-state index in [9.17, 15) is 9.59 Å². The highest BCUT2D eigenvalue weighted by molar-refractivity contribution is 5.70. The van der Waals surface area contributed by atoms with Crippen LogP contribution in [0.2, 0.25) is 0 Å². The Kier molecular flexibility index (Phi) is 49.4. The first kappa shape index (κ1) is 57.9. The van der Waals surface area contributed by atoms with Crippen LogP contribution in [0.5, 0.6) is 0 Å². The van der Waals surface area contributed by atoms with Crippen molar-refractivity contribution in [1.82, 2.24) is 0 Å². The molecule has 0 heterocycles. The molecule has 0 saturated carbocycles. The summed E-state index contributed by atoms with van der Waals surface area (Å²) in [6, 6.07) is 0. The molecular formula is C55H100O5. The third-order valence-electron chi connectivity index (χ3n) is 11.3. The molecular weight excluding hydrogens is 741 g/mol. The van der Waals surface area contributed by atoms with Crippen molar-refractivity contribution in [3.05, 3.63) is 48.6 Å². The minimum atomic E-state index is -0.541. The van der Waals surface area contributed by atoms with Gasteiger partial charge in [0, 0.05) is 19.4 Å². The first-order valence-corrected chi connectivity index (χ1v) is 26.2. The Morgan fingerprint density at radius 3 is 1.18 bits per heavy atom. The molecule has 0 saturated heterocycles. The second kappa shape index (κ2) is 51.2. The fraction of sp³-hybridized carbons (Fsp3) is 0.818. The molecule has 5 nitrogen and oxygen atoms in total. The third kappa shape index (κ3) is 48.5. The molecule has 5 heteroatoms. The molecule has 0 aromatic carbocycles. The maximum atomic E-state index is 12.8. The summed E-state index contributed by atoms with van der Waals surface area (Å²) in [6.45, 7) is 7.78. The van der Waals surface area contributed by atoms with Gasteiger partial charge in [0.05, 0.1) is 6.61 Å². The molecule has 350 valence electrons. The van der Waals surface area contributed by atoms with E-state index in [4.69, 9.17) is 14.2 Å². The average Bonchev–Trinajstić information content (AvgIpc) is 3.25. The molecule has 1 atom stereocenters.